The Morgan fingerprint density at radius 2 is 1.92 bits per heavy atom. The van der Waals surface area contributed by atoms with E-state index in [4.69, 9.17) is 10.7 Å². The molecule has 0 atom stereocenters. The van der Waals surface area contributed by atoms with Crippen LogP contribution in [0.3, 0.4) is 0 Å². The van der Waals surface area contributed by atoms with Crippen LogP contribution in [-0.4, -0.2) is 19.4 Å². The molecule has 25 heavy (non-hydrogen) atoms. The van der Waals surface area contributed by atoms with E-state index in [-0.39, 0.29) is 59.7 Å². The summed E-state index contributed by atoms with van der Waals surface area (Å²) < 4.78 is 2.93. The molecular weight excluding hydrogens is 627 g/mol. The van der Waals surface area contributed by atoms with Gasteiger partial charge in [-0.1, -0.05) is 39.8 Å². The number of halogens is 1. The summed E-state index contributed by atoms with van der Waals surface area (Å²) in [6.45, 7) is 0. The molecule has 0 spiro atoms. The number of nitrogens with one attached hydrogen (secondary N) is 1. The molecule has 0 amide bonds. The van der Waals surface area contributed by atoms with E-state index in [0.29, 0.717) is 5.69 Å². The third-order valence-corrected chi connectivity index (χ3v) is 3.95. The van der Waals surface area contributed by atoms with Crippen molar-refractivity contribution in [1.29, 1.82) is 0 Å². The van der Waals surface area contributed by atoms with Crippen LogP contribution in [0.1, 0.15) is 0 Å². The molecule has 1 aromatic carbocycles. The second-order valence-corrected chi connectivity index (χ2v) is 5.85. The quantitative estimate of drug-likeness (QED) is 0.300. The number of fused-ring (bicyclic) bond motifs is 1. The summed E-state index contributed by atoms with van der Waals surface area (Å²) in [5, 5.41) is 0. The van der Waals surface area contributed by atoms with E-state index >= 15 is 0 Å². The van der Waals surface area contributed by atoms with Crippen molar-refractivity contribution in [2.24, 2.45) is 0 Å². The van der Waals surface area contributed by atoms with E-state index < -0.39 is 0 Å². The number of rotatable bonds is 2. The van der Waals surface area contributed by atoms with Gasteiger partial charge in [0.25, 0.3) is 0 Å². The summed E-state index contributed by atoms with van der Waals surface area (Å²) in [7, 11) is 0. The smallest absolute Gasteiger partial charge is 0.119 e. The third kappa shape index (κ3) is 4.08. The zero-order chi connectivity index (χ0) is 15.8. The van der Waals surface area contributed by atoms with Gasteiger partial charge in [0.2, 0.25) is 0 Å². The molecule has 4 aromatic rings. The van der Waals surface area contributed by atoms with Gasteiger partial charge >= 0.3 is 0 Å². The van der Waals surface area contributed by atoms with E-state index in [2.05, 4.69) is 32.0 Å². The van der Waals surface area contributed by atoms with E-state index in [1.807, 2.05) is 53.1 Å². The van der Waals surface area contributed by atoms with Crippen molar-refractivity contribution in [3.05, 3.63) is 71.1 Å². The molecule has 0 aliphatic heterocycles. The van der Waals surface area contributed by atoms with Crippen molar-refractivity contribution >= 4 is 27.5 Å². The predicted octanol–water partition coefficient (Wildman–Crippen LogP) is 4.70. The van der Waals surface area contributed by atoms with Crippen LogP contribution in [0.15, 0.2) is 59.3 Å². The Balaban J connectivity index is 0.00000113. The van der Waals surface area contributed by atoms with E-state index in [0.717, 1.165) is 27.1 Å². The van der Waals surface area contributed by atoms with Gasteiger partial charge in [0.1, 0.15) is 5.65 Å². The second-order valence-electron chi connectivity index (χ2n) is 4.93. The number of pyridine rings is 1. The number of hydrogen-bond acceptors (Lipinski definition) is 3. The largest absolute Gasteiger partial charge is 0.411 e. The van der Waals surface area contributed by atoms with Gasteiger partial charge in [-0.2, -0.15) is 5.69 Å². The number of benzene rings is 1. The molecule has 0 fully saturated rings. The van der Waals surface area contributed by atoms with Gasteiger partial charge in [-0.25, -0.2) is 11.1 Å². The molecule has 0 unspecified atom stereocenters. The van der Waals surface area contributed by atoms with Crippen LogP contribution in [0.5, 0.6) is 0 Å². The summed E-state index contributed by atoms with van der Waals surface area (Å²) in [4.78, 5) is 12.7. The first-order chi connectivity index (χ1) is 11.2. The SMILES string of the molecule is [NH-]c1nc[c-]c(-c2c(-c3cccc(Br)c3)nc3ccccn23)n1.[W].[Y]. The molecule has 1 N–H and O–H groups in total. The first-order valence-electron chi connectivity index (χ1n) is 6.92. The van der Waals surface area contributed by atoms with Crippen LogP contribution < -0.4 is 0 Å². The van der Waals surface area contributed by atoms with Crippen molar-refractivity contribution in [3.63, 3.8) is 0 Å². The van der Waals surface area contributed by atoms with E-state index in [9.17, 15) is 0 Å². The maximum Gasteiger partial charge on any atom is 0.119 e. The van der Waals surface area contributed by atoms with Crippen LogP contribution in [-0.2, 0) is 53.8 Å². The predicted molar refractivity (Wildman–Crippen MR) is 92.2 cm³/mol. The maximum absolute atomic E-state index is 7.68. The fourth-order valence-corrected chi connectivity index (χ4v) is 2.90. The summed E-state index contributed by atoms with van der Waals surface area (Å²) in [5.41, 5.74) is 11.6. The normalized spacial score (nSPS) is 10.1. The summed E-state index contributed by atoms with van der Waals surface area (Å²) in [5.74, 6) is -0.0372. The summed E-state index contributed by atoms with van der Waals surface area (Å²) in [6.07, 6.45) is 3.40. The fraction of sp³-hybridized carbons (Fsp3) is 0. The van der Waals surface area contributed by atoms with Gasteiger partial charge in [-0.15, -0.1) is 6.20 Å². The average molecular weight is 637 g/mol. The number of imidazole rings is 1. The fourth-order valence-electron chi connectivity index (χ4n) is 2.50. The molecular formula is C17H10BrN5WY-2. The van der Waals surface area contributed by atoms with Crippen molar-refractivity contribution in [1.82, 2.24) is 19.4 Å². The van der Waals surface area contributed by atoms with Crippen molar-refractivity contribution < 1.29 is 53.8 Å². The Bertz CT molecular complexity index is 1020. The zero-order valence-corrected chi connectivity index (χ0v) is 20.2. The van der Waals surface area contributed by atoms with Gasteiger partial charge in [0.15, 0.2) is 0 Å². The molecule has 0 bridgehead atoms. The molecule has 8 heteroatoms. The van der Waals surface area contributed by atoms with Crippen LogP contribution in [0.2, 0.25) is 0 Å². The van der Waals surface area contributed by atoms with Crippen LogP contribution in [0.25, 0.3) is 34.0 Å². The molecule has 4 rings (SSSR count). The topological polar surface area (TPSA) is 66.9 Å². The number of hydrogen-bond donors (Lipinski definition) is 0. The van der Waals surface area contributed by atoms with Crippen LogP contribution in [0, 0.1) is 6.07 Å². The third-order valence-electron chi connectivity index (χ3n) is 3.46. The van der Waals surface area contributed by atoms with E-state index in [1.165, 1.54) is 6.20 Å². The summed E-state index contributed by atoms with van der Waals surface area (Å²) >= 11 is 3.50. The molecule has 121 valence electrons. The van der Waals surface area contributed by atoms with Gasteiger partial charge in [0.05, 0.1) is 0 Å². The monoisotopic (exact) mass is 636 g/mol. The van der Waals surface area contributed by atoms with Gasteiger partial charge in [-0.3, -0.25) is 0 Å². The molecule has 0 aliphatic carbocycles. The number of nitrogens with zero attached hydrogens (tertiary/aromatic N) is 4. The molecule has 5 nitrogen and oxygen atoms in total. The minimum absolute atomic E-state index is 0. The first kappa shape index (κ1) is 20.4. The molecule has 0 aliphatic rings. The Hall–Kier alpha value is -0.938. The molecule has 0 saturated carbocycles. The Kier molecular flexibility index (Phi) is 7.03. The minimum atomic E-state index is -0.0372. The van der Waals surface area contributed by atoms with Gasteiger partial charge in [0, 0.05) is 69.9 Å². The Morgan fingerprint density at radius 1 is 1.08 bits per heavy atom. The zero-order valence-electron chi connectivity index (χ0n) is 12.8. The molecule has 3 heterocycles. The molecule has 0 saturated heterocycles. The number of aromatic nitrogens is 4. The van der Waals surface area contributed by atoms with Crippen molar-refractivity contribution in [3.8, 4) is 22.6 Å². The Morgan fingerprint density at radius 3 is 2.68 bits per heavy atom. The van der Waals surface area contributed by atoms with Crippen molar-refractivity contribution in [2.45, 2.75) is 0 Å². The molecule has 3 aromatic heterocycles. The first-order valence-corrected chi connectivity index (χ1v) is 7.71. The van der Waals surface area contributed by atoms with Crippen LogP contribution in [0.4, 0.5) is 5.95 Å². The van der Waals surface area contributed by atoms with E-state index in [1.54, 1.807) is 0 Å². The van der Waals surface area contributed by atoms with Crippen LogP contribution >= 0.6 is 15.9 Å². The Labute approximate surface area is 192 Å². The minimum Gasteiger partial charge on any atom is -0.411 e. The van der Waals surface area contributed by atoms with Gasteiger partial charge in [-0.05, 0) is 36.0 Å². The van der Waals surface area contributed by atoms with Crippen molar-refractivity contribution in [2.75, 3.05) is 0 Å². The average Bonchev–Trinajstić information content (AvgIpc) is 2.94. The summed E-state index contributed by atoms with van der Waals surface area (Å²) in [6, 6.07) is 16.8. The molecule has 1 radical (unpaired) electrons. The van der Waals surface area contributed by atoms with Gasteiger partial charge < -0.3 is 20.1 Å². The second kappa shape index (κ2) is 8.63. The standard InChI is InChI=1S/C17H10BrN5.W.Y/c18-12-5-3-4-11(10-12)15-16(13-7-8-20-17(19)21-13)23-9-2-1-6-14(23)22-15;;/h1-6,8-10H,(H-,19,20,21);;/q-2;;. The maximum atomic E-state index is 7.68.